The van der Waals surface area contributed by atoms with E-state index in [9.17, 15) is 19.5 Å². The average molecular weight is 494 g/mol. The highest BCUT2D eigenvalue weighted by atomic mass is 32.1. The SMILES string of the molecule is O=C(Cc1csc(NC(=O)OCC2c3ccccc3-c3ccccc32)n1)NC1COCC1C(=O)O. The van der Waals surface area contributed by atoms with E-state index in [0.717, 1.165) is 22.3 Å². The lowest BCUT2D eigenvalue weighted by Gasteiger charge is -2.15. The van der Waals surface area contributed by atoms with E-state index in [0.29, 0.717) is 10.8 Å². The standard InChI is InChI=1S/C25H23N3O6S/c29-22(27-21-12-33-10-20(21)23(30)31)9-14-13-35-24(26-14)28-25(32)34-11-19-17-7-3-1-5-15(17)16-6-2-4-8-18(16)19/h1-8,13,19-21H,9-12H2,(H,27,29)(H,30,31)(H,26,28,32). The van der Waals surface area contributed by atoms with Crippen molar-refractivity contribution in [3.8, 4) is 11.1 Å². The van der Waals surface area contributed by atoms with Crippen LogP contribution in [0.25, 0.3) is 11.1 Å². The van der Waals surface area contributed by atoms with Gasteiger partial charge in [0.25, 0.3) is 0 Å². The summed E-state index contributed by atoms with van der Waals surface area (Å²) in [5.41, 5.74) is 5.02. The third-order valence-electron chi connectivity index (χ3n) is 6.19. The highest BCUT2D eigenvalue weighted by Crippen LogP contribution is 2.44. The molecule has 5 rings (SSSR count). The van der Waals surface area contributed by atoms with Gasteiger partial charge in [-0.05, 0) is 22.3 Å². The molecular weight excluding hydrogens is 470 g/mol. The number of nitrogens with zero attached hydrogens (tertiary/aromatic N) is 1. The fourth-order valence-corrected chi connectivity index (χ4v) is 5.23. The number of hydrogen-bond donors (Lipinski definition) is 3. The molecule has 0 radical (unpaired) electrons. The van der Waals surface area contributed by atoms with Gasteiger partial charge in [0.1, 0.15) is 12.5 Å². The van der Waals surface area contributed by atoms with E-state index in [-0.39, 0.29) is 38.1 Å². The molecule has 2 unspecified atom stereocenters. The molecule has 1 aliphatic heterocycles. The van der Waals surface area contributed by atoms with Crippen molar-refractivity contribution in [1.29, 1.82) is 0 Å². The molecule has 3 aromatic rings. The van der Waals surface area contributed by atoms with E-state index in [1.807, 2.05) is 24.3 Å². The second-order valence-electron chi connectivity index (χ2n) is 8.43. The Bertz CT molecular complexity index is 1230. The maximum Gasteiger partial charge on any atom is 0.413 e. The summed E-state index contributed by atoms with van der Waals surface area (Å²) in [4.78, 5) is 40.2. The lowest BCUT2D eigenvalue weighted by molar-refractivity contribution is -0.142. The minimum Gasteiger partial charge on any atom is -0.481 e. The molecule has 2 atom stereocenters. The second kappa shape index (κ2) is 9.85. The number of nitrogens with one attached hydrogen (secondary N) is 2. The third-order valence-corrected chi connectivity index (χ3v) is 7.00. The number of anilines is 1. The maximum atomic E-state index is 12.4. The zero-order chi connectivity index (χ0) is 24.4. The van der Waals surface area contributed by atoms with Crippen LogP contribution in [0.2, 0.25) is 0 Å². The number of aromatic nitrogens is 1. The molecule has 1 fully saturated rings. The van der Waals surface area contributed by atoms with Gasteiger partial charge in [-0.25, -0.2) is 9.78 Å². The number of ether oxygens (including phenoxy) is 2. The van der Waals surface area contributed by atoms with Gasteiger partial charge in [-0.1, -0.05) is 48.5 Å². The maximum absolute atomic E-state index is 12.4. The van der Waals surface area contributed by atoms with Gasteiger partial charge in [0.05, 0.1) is 31.4 Å². The van der Waals surface area contributed by atoms with Gasteiger partial charge in [0.2, 0.25) is 5.91 Å². The number of aliphatic carboxylic acids is 1. The summed E-state index contributed by atoms with van der Waals surface area (Å²) in [6.07, 6.45) is -0.657. The third kappa shape index (κ3) is 4.89. The summed E-state index contributed by atoms with van der Waals surface area (Å²) in [7, 11) is 0. The average Bonchev–Trinajstić information content (AvgIpc) is 3.56. The minimum atomic E-state index is -1.00. The number of carbonyl (C=O) groups excluding carboxylic acids is 2. The Morgan fingerprint density at radius 3 is 2.43 bits per heavy atom. The largest absolute Gasteiger partial charge is 0.481 e. The summed E-state index contributed by atoms with van der Waals surface area (Å²) in [5, 5.41) is 16.5. The molecule has 0 bridgehead atoms. The van der Waals surface area contributed by atoms with Gasteiger partial charge in [-0.3, -0.25) is 14.9 Å². The summed E-state index contributed by atoms with van der Waals surface area (Å²) in [5.74, 6) is -2.17. The number of fused-ring (bicyclic) bond motifs is 3. The van der Waals surface area contributed by atoms with Crippen LogP contribution in [-0.2, 0) is 25.5 Å². The quantitative estimate of drug-likeness (QED) is 0.461. The van der Waals surface area contributed by atoms with E-state index in [4.69, 9.17) is 9.47 Å². The van der Waals surface area contributed by atoms with Crippen LogP contribution in [0, 0.1) is 5.92 Å². The van der Waals surface area contributed by atoms with E-state index < -0.39 is 24.0 Å². The van der Waals surface area contributed by atoms with E-state index >= 15 is 0 Å². The fourth-order valence-electron chi connectivity index (χ4n) is 4.53. The first-order valence-corrected chi connectivity index (χ1v) is 12.0. The molecule has 1 saturated heterocycles. The Balaban J connectivity index is 1.15. The van der Waals surface area contributed by atoms with E-state index in [2.05, 4.69) is 39.9 Å². The van der Waals surface area contributed by atoms with Crippen LogP contribution < -0.4 is 10.6 Å². The van der Waals surface area contributed by atoms with Crippen molar-refractivity contribution in [2.45, 2.75) is 18.4 Å². The number of benzene rings is 2. The number of carbonyl (C=O) groups is 3. The van der Waals surface area contributed by atoms with Crippen molar-refractivity contribution in [1.82, 2.24) is 10.3 Å². The molecule has 2 heterocycles. The van der Waals surface area contributed by atoms with Gasteiger partial charge in [0, 0.05) is 11.3 Å². The predicted octanol–water partition coefficient (Wildman–Crippen LogP) is 3.26. The van der Waals surface area contributed by atoms with Gasteiger partial charge in [0.15, 0.2) is 5.13 Å². The molecule has 2 amide bonds. The van der Waals surface area contributed by atoms with Crippen LogP contribution in [0.5, 0.6) is 0 Å². The zero-order valence-electron chi connectivity index (χ0n) is 18.6. The van der Waals surface area contributed by atoms with Gasteiger partial charge in [-0.2, -0.15) is 0 Å². The number of hydrogen-bond acceptors (Lipinski definition) is 7. The van der Waals surface area contributed by atoms with Crippen molar-refractivity contribution in [3.63, 3.8) is 0 Å². The van der Waals surface area contributed by atoms with Gasteiger partial charge >= 0.3 is 12.1 Å². The van der Waals surface area contributed by atoms with Crippen LogP contribution in [0.15, 0.2) is 53.9 Å². The molecule has 3 N–H and O–H groups in total. The lowest BCUT2D eigenvalue weighted by atomic mass is 9.98. The first-order chi connectivity index (χ1) is 17.0. The minimum absolute atomic E-state index is 0.0360. The van der Waals surface area contributed by atoms with Crippen LogP contribution in [0.1, 0.15) is 22.7 Å². The molecule has 2 aliphatic rings. The number of carboxylic acids is 1. The number of rotatable bonds is 7. The van der Waals surface area contributed by atoms with Crippen molar-refractivity contribution in [3.05, 3.63) is 70.7 Å². The monoisotopic (exact) mass is 493 g/mol. The summed E-state index contributed by atoms with van der Waals surface area (Å²) in [6, 6.07) is 15.6. The highest BCUT2D eigenvalue weighted by molar-refractivity contribution is 7.13. The van der Waals surface area contributed by atoms with Crippen molar-refractivity contribution < 1.29 is 29.0 Å². The Morgan fingerprint density at radius 1 is 1.06 bits per heavy atom. The van der Waals surface area contributed by atoms with E-state index in [1.54, 1.807) is 5.38 Å². The molecule has 180 valence electrons. The molecular formula is C25H23N3O6S. The Morgan fingerprint density at radius 2 is 1.74 bits per heavy atom. The molecule has 1 aliphatic carbocycles. The Kier molecular flexibility index (Phi) is 6.47. The molecule has 35 heavy (non-hydrogen) atoms. The number of carboxylic acid groups (broad SMARTS) is 1. The van der Waals surface area contributed by atoms with Crippen LogP contribution in [0.4, 0.5) is 9.93 Å². The fraction of sp³-hybridized carbons (Fsp3) is 0.280. The van der Waals surface area contributed by atoms with Crippen molar-refractivity contribution in [2.24, 2.45) is 5.92 Å². The second-order valence-corrected chi connectivity index (χ2v) is 9.29. The van der Waals surface area contributed by atoms with E-state index in [1.165, 1.54) is 11.3 Å². The molecule has 10 heteroatoms. The smallest absolute Gasteiger partial charge is 0.413 e. The molecule has 9 nitrogen and oxygen atoms in total. The Hall–Kier alpha value is -3.76. The van der Waals surface area contributed by atoms with Crippen LogP contribution in [-0.4, -0.2) is 53.9 Å². The topological polar surface area (TPSA) is 127 Å². The molecule has 2 aromatic carbocycles. The zero-order valence-corrected chi connectivity index (χ0v) is 19.4. The van der Waals surface area contributed by atoms with Crippen molar-refractivity contribution >= 4 is 34.4 Å². The lowest BCUT2D eigenvalue weighted by Crippen LogP contribution is -2.43. The Labute approximate surface area is 205 Å². The summed E-state index contributed by atoms with van der Waals surface area (Å²) in [6.45, 7) is 0.425. The van der Waals surface area contributed by atoms with Crippen LogP contribution in [0.3, 0.4) is 0 Å². The molecule has 1 aromatic heterocycles. The first kappa shape index (κ1) is 23.0. The first-order valence-electron chi connectivity index (χ1n) is 11.2. The van der Waals surface area contributed by atoms with Gasteiger partial charge < -0.3 is 19.9 Å². The van der Waals surface area contributed by atoms with Crippen molar-refractivity contribution in [2.75, 3.05) is 25.1 Å². The summed E-state index contributed by atoms with van der Waals surface area (Å²) >= 11 is 1.18. The van der Waals surface area contributed by atoms with Gasteiger partial charge in [-0.15, -0.1) is 11.3 Å². The number of thiazole rings is 1. The molecule has 0 spiro atoms. The molecule has 0 saturated carbocycles. The predicted molar refractivity (Wildman–Crippen MR) is 128 cm³/mol. The normalized spacial score (nSPS) is 18.5. The van der Waals surface area contributed by atoms with Crippen LogP contribution >= 0.6 is 11.3 Å². The number of amides is 2. The summed E-state index contributed by atoms with van der Waals surface area (Å²) < 4.78 is 10.7. The highest BCUT2D eigenvalue weighted by Gasteiger charge is 2.35.